The summed E-state index contributed by atoms with van der Waals surface area (Å²) in [5.41, 5.74) is 0. The molecule has 21 heavy (non-hydrogen) atoms. The molecular weight excluding hydrogens is 264 g/mol. The quantitative estimate of drug-likeness (QED) is 0.836. The molecule has 1 aromatic heterocycles. The number of fused-ring (bicyclic) bond motifs is 2. The van der Waals surface area contributed by atoms with Crippen molar-refractivity contribution >= 4 is 5.91 Å². The minimum Gasteiger partial charge on any atom is -0.356 e. The van der Waals surface area contributed by atoms with Crippen LogP contribution in [0.2, 0.25) is 0 Å². The largest absolute Gasteiger partial charge is 0.356 e. The van der Waals surface area contributed by atoms with Crippen LogP contribution in [0.25, 0.3) is 0 Å². The maximum atomic E-state index is 12.1. The van der Waals surface area contributed by atoms with Crippen molar-refractivity contribution in [2.75, 3.05) is 6.54 Å². The molecule has 2 bridgehead atoms. The highest BCUT2D eigenvalue weighted by molar-refractivity contribution is 5.76. The second-order valence-corrected chi connectivity index (χ2v) is 6.85. The van der Waals surface area contributed by atoms with Gasteiger partial charge in [0.1, 0.15) is 0 Å². The Balaban J connectivity index is 1.36. The standard InChI is InChI=1S/C16H26N4O/c1-12(10-20-5-4-17-11-20)9-18-16(21)8-13-6-14-2-3-15(7-13)19-14/h4-5,11-15,19H,2-3,6-10H2,1H3,(H,18,21). The van der Waals surface area contributed by atoms with Crippen LogP contribution in [-0.2, 0) is 11.3 Å². The number of carbonyl (C=O) groups excluding carboxylic acids is 1. The van der Waals surface area contributed by atoms with E-state index in [-0.39, 0.29) is 5.91 Å². The Morgan fingerprint density at radius 3 is 2.86 bits per heavy atom. The normalized spacial score (nSPS) is 29.3. The van der Waals surface area contributed by atoms with Crippen molar-refractivity contribution in [2.24, 2.45) is 11.8 Å². The molecule has 1 aromatic rings. The van der Waals surface area contributed by atoms with Crippen LogP contribution in [0.4, 0.5) is 0 Å². The highest BCUT2D eigenvalue weighted by Gasteiger charge is 2.34. The van der Waals surface area contributed by atoms with Gasteiger partial charge in [-0.15, -0.1) is 0 Å². The fraction of sp³-hybridized carbons (Fsp3) is 0.750. The van der Waals surface area contributed by atoms with Crippen molar-refractivity contribution in [2.45, 2.75) is 57.7 Å². The monoisotopic (exact) mass is 290 g/mol. The highest BCUT2D eigenvalue weighted by Crippen LogP contribution is 2.32. The Kier molecular flexibility index (Phi) is 4.58. The van der Waals surface area contributed by atoms with Gasteiger partial charge in [-0.25, -0.2) is 4.98 Å². The zero-order chi connectivity index (χ0) is 14.7. The summed E-state index contributed by atoms with van der Waals surface area (Å²) >= 11 is 0. The zero-order valence-electron chi connectivity index (χ0n) is 12.8. The van der Waals surface area contributed by atoms with E-state index in [1.807, 2.05) is 12.5 Å². The third-order valence-electron chi connectivity index (χ3n) is 4.77. The summed E-state index contributed by atoms with van der Waals surface area (Å²) in [4.78, 5) is 16.1. The van der Waals surface area contributed by atoms with Crippen molar-refractivity contribution in [3.05, 3.63) is 18.7 Å². The average Bonchev–Trinajstić information content (AvgIpc) is 3.06. The van der Waals surface area contributed by atoms with Gasteiger partial charge in [0.25, 0.3) is 0 Å². The van der Waals surface area contributed by atoms with Gasteiger partial charge in [-0.05, 0) is 37.5 Å². The van der Waals surface area contributed by atoms with E-state index in [0.29, 0.717) is 30.3 Å². The van der Waals surface area contributed by atoms with Crippen LogP contribution in [0, 0.1) is 11.8 Å². The first-order valence-corrected chi connectivity index (χ1v) is 8.17. The first kappa shape index (κ1) is 14.6. The summed E-state index contributed by atoms with van der Waals surface area (Å²) in [5, 5.41) is 6.73. The van der Waals surface area contributed by atoms with Gasteiger partial charge in [0.15, 0.2) is 0 Å². The predicted molar refractivity (Wildman–Crippen MR) is 81.7 cm³/mol. The molecule has 0 aromatic carbocycles. The fourth-order valence-corrected chi connectivity index (χ4v) is 3.78. The molecule has 0 spiro atoms. The number of amides is 1. The van der Waals surface area contributed by atoms with Gasteiger partial charge in [-0.1, -0.05) is 6.92 Å². The van der Waals surface area contributed by atoms with E-state index in [1.54, 1.807) is 6.20 Å². The molecule has 2 saturated heterocycles. The van der Waals surface area contributed by atoms with Crippen LogP contribution in [0.5, 0.6) is 0 Å². The number of nitrogens with zero attached hydrogens (tertiary/aromatic N) is 2. The fourth-order valence-electron chi connectivity index (χ4n) is 3.78. The lowest BCUT2D eigenvalue weighted by Gasteiger charge is -2.28. The van der Waals surface area contributed by atoms with Crippen molar-refractivity contribution in [3.63, 3.8) is 0 Å². The third kappa shape index (κ3) is 4.06. The predicted octanol–water partition coefficient (Wildman–Crippen LogP) is 1.56. The molecule has 2 N–H and O–H groups in total. The SMILES string of the molecule is CC(CNC(=O)CC1CC2CCC(C1)N2)Cn1ccnc1. The molecular formula is C16H26N4O. The lowest BCUT2D eigenvalue weighted by atomic mass is 9.89. The maximum Gasteiger partial charge on any atom is 0.220 e. The second kappa shape index (κ2) is 6.60. The van der Waals surface area contributed by atoms with E-state index >= 15 is 0 Å². The Hall–Kier alpha value is -1.36. The van der Waals surface area contributed by atoms with E-state index in [0.717, 1.165) is 13.1 Å². The molecule has 0 radical (unpaired) electrons. The van der Waals surface area contributed by atoms with Crippen molar-refractivity contribution in [1.82, 2.24) is 20.2 Å². The smallest absolute Gasteiger partial charge is 0.220 e. The molecule has 116 valence electrons. The van der Waals surface area contributed by atoms with E-state index in [1.165, 1.54) is 25.7 Å². The molecule has 1 amide bonds. The van der Waals surface area contributed by atoms with Crippen molar-refractivity contribution in [3.8, 4) is 0 Å². The van der Waals surface area contributed by atoms with Crippen LogP contribution in [-0.4, -0.2) is 34.1 Å². The van der Waals surface area contributed by atoms with E-state index in [9.17, 15) is 4.79 Å². The van der Waals surface area contributed by atoms with Crippen molar-refractivity contribution in [1.29, 1.82) is 0 Å². The van der Waals surface area contributed by atoms with Crippen molar-refractivity contribution < 1.29 is 4.79 Å². The van der Waals surface area contributed by atoms with Gasteiger partial charge in [-0.3, -0.25) is 4.79 Å². The molecule has 3 heterocycles. The molecule has 3 unspecified atom stereocenters. The van der Waals surface area contributed by atoms with Crippen LogP contribution in [0.15, 0.2) is 18.7 Å². The Labute approximate surface area is 126 Å². The van der Waals surface area contributed by atoms with Gasteiger partial charge < -0.3 is 15.2 Å². The second-order valence-electron chi connectivity index (χ2n) is 6.85. The van der Waals surface area contributed by atoms with Gasteiger partial charge in [0.05, 0.1) is 6.33 Å². The van der Waals surface area contributed by atoms with Gasteiger partial charge in [0, 0.05) is 44.0 Å². The summed E-state index contributed by atoms with van der Waals surface area (Å²) < 4.78 is 2.06. The summed E-state index contributed by atoms with van der Waals surface area (Å²) in [5.74, 6) is 1.22. The molecule has 2 fully saturated rings. The number of rotatable bonds is 6. The van der Waals surface area contributed by atoms with Crippen LogP contribution >= 0.6 is 0 Å². The lowest BCUT2D eigenvalue weighted by Crippen LogP contribution is -2.40. The molecule has 0 saturated carbocycles. The summed E-state index contributed by atoms with van der Waals surface area (Å²) in [6, 6.07) is 1.34. The first-order valence-electron chi connectivity index (χ1n) is 8.17. The molecule has 3 rings (SSSR count). The van der Waals surface area contributed by atoms with Crippen LogP contribution < -0.4 is 10.6 Å². The number of nitrogens with one attached hydrogen (secondary N) is 2. The molecule has 5 heteroatoms. The number of piperidine rings is 1. The summed E-state index contributed by atoms with van der Waals surface area (Å²) in [6.07, 6.45) is 11.2. The number of hydrogen-bond donors (Lipinski definition) is 2. The average molecular weight is 290 g/mol. The highest BCUT2D eigenvalue weighted by atomic mass is 16.1. The van der Waals surface area contributed by atoms with E-state index in [2.05, 4.69) is 27.1 Å². The Bertz CT molecular complexity index is 447. The summed E-state index contributed by atoms with van der Waals surface area (Å²) in [7, 11) is 0. The molecule has 3 atom stereocenters. The van der Waals surface area contributed by atoms with E-state index in [4.69, 9.17) is 0 Å². The topological polar surface area (TPSA) is 59.0 Å². The van der Waals surface area contributed by atoms with Crippen LogP contribution in [0.3, 0.4) is 0 Å². The van der Waals surface area contributed by atoms with Gasteiger partial charge >= 0.3 is 0 Å². The number of hydrogen-bond acceptors (Lipinski definition) is 3. The summed E-state index contributed by atoms with van der Waals surface area (Å²) in [6.45, 7) is 3.80. The Morgan fingerprint density at radius 2 is 2.19 bits per heavy atom. The molecule has 0 aliphatic carbocycles. The maximum absolute atomic E-state index is 12.1. The third-order valence-corrected chi connectivity index (χ3v) is 4.77. The minimum atomic E-state index is 0.221. The number of imidazole rings is 1. The minimum absolute atomic E-state index is 0.221. The molecule has 2 aliphatic rings. The Morgan fingerprint density at radius 1 is 1.43 bits per heavy atom. The molecule has 2 aliphatic heterocycles. The molecule has 5 nitrogen and oxygen atoms in total. The van der Waals surface area contributed by atoms with Gasteiger partial charge in [-0.2, -0.15) is 0 Å². The lowest BCUT2D eigenvalue weighted by molar-refractivity contribution is -0.122. The van der Waals surface area contributed by atoms with Crippen LogP contribution in [0.1, 0.15) is 39.0 Å². The van der Waals surface area contributed by atoms with E-state index < -0.39 is 0 Å². The zero-order valence-corrected chi connectivity index (χ0v) is 12.8. The first-order chi connectivity index (χ1) is 10.2. The number of aromatic nitrogens is 2. The number of carbonyl (C=O) groups is 1. The van der Waals surface area contributed by atoms with Gasteiger partial charge in [0.2, 0.25) is 5.91 Å².